The number of ether oxygens (including phenoxy) is 1. The van der Waals surface area contributed by atoms with Gasteiger partial charge in [-0.1, -0.05) is 18.2 Å². The Bertz CT molecular complexity index is 414. The molecule has 2 N–H and O–H groups in total. The minimum absolute atomic E-state index is 0.0397. The second-order valence-electron chi connectivity index (χ2n) is 4.62. The lowest BCUT2D eigenvalue weighted by atomic mass is 10.1. The zero-order valence-electron chi connectivity index (χ0n) is 10.9. The first kappa shape index (κ1) is 12.9. The molecule has 0 unspecified atom stereocenters. The van der Waals surface area contributed by atoms with E-state index < -0.39 is 0 Å². The van der Waals surface area contributed by atoms with E-state index in [9.17, 15) is 4.79 Å². The Kier molecular flexibility index (Phi) is 4.20. The molecule has 0 saturated carbocycles. The first-order chi connectivity index (χ1) is 8.72. The van der Waals surface area contributed by atoms with Crippen LogP contribution in [0.3, 0.4) is 0 Å². The van der Waals surface area contributed by atoms with E-state index >= 15 is 0 Å². The van der Waals surface area contributed by atoms with Crippen LogP contribution in [0.4, 0.5) is 0 Å². The summed E-state index contributed by atoms with van der Waals surface area (Å²) in [5.41, 5.74) is 1.01. The minimum atomic E-state index is -0.0453. The van der Waals surface area contributed by atoms with Crippen LogP contribution in [0.25, 0.3) is 0 Å². The lowest BCUT2D eigenvalue weighted by Crippen LogP contribution is -2.41. The third-order valence-electron chi connectivity index (χ3n) is 3.34. The Labute approximate surface area is 108 Å². The molecule has 2 rings (SSSR count). The molecular weight excluding hydrogens is 228 g/mol. The second-order valence-corrected chi connectivity index (χ2v) is 4.62. The van der Waals surface area contributed by atoms with Gasteiger partial charge >= 0.3 is 0 Å². The van der Waals surface area contributed by atoms with Crippen LogP contribution in [0.2, 0.25) is 0 Å². The SMILES string of the molecule is COc1ccccc1[C@H](C)NC(=O)[C@@H]1CCCN1. The molecule has 1 aliphatic heterocycles. The fourth-order valence-electron chi connectivity index (χ4n) is 2.32. The van der Waals surface area contributed by atoms with E-state index in [4.69, 9.17) is 4.74 Å². The van der Waals surface area contributed by atoms with Gasteiger partial charge in [-0.3, -0.25) is 4.79 Å². The molecule has 1 aromatic carbocycles. The summed E-state index contributed by atoms with van der Waals surface area (Å²) in [6.45, 7) is 2.91. The third kappa shape index (κ3) is 2.82. The van der Waals surface area contributed by atoms with Gasteiger partial charge in [0.1, 0.15) is 5.75 Å². The van der Waals surface area contributed by atoms with Crippen molar-refractivity contribution < 1.29 is 9.53 Å². The standard InChI is InChI=1S/C14H20N2O2/c1-10(11-6-3-4-8-13(11)18-2)16-14(17)12-7-5-9-15-12/h3-4,6,8,10,12,15H,5,7,9H2,1-2H3,(H,16,17)/t10-,12-/m0/s1. The normalized spacial score (nSPS) is 20.4. The Hall–Kier alpha value is -1.55. The van der Waals surface area contributed by atoms with Crippen molar-refractivity contribution in [1.82, 2.24) is 10.6 Å². The summed E-state index contributed by atoms with van der Waals surface area (Å²) in [7, 11) is 1.64. The molecule has 0 aliphatic carbocycles. The summed E-state index contributed by atoms with van der Waals surface area (Å²) >= 11 is 0. The molecule has 0 spiro atoms. The van der Waals surface area contributed by atoms with Crippen LogP contribution in [0.5, 0.6) is 5.75 Å². The molecule has 1 heterocycles. The number of methoxy groups -OCH3 is 1. The number of hydrogen-bond donors (Lipinski definition) is 2. The molecule has 1 fully saturated rings. The van der Waals surface area contributed by atoms with Crippen molar-refractivity contribution in [3.8, 4) is 5.75 Å². The van der Waals surface area contributed by atoms with Gasteiger partial charge in [0.15, 0.2) is 0 Å². The molecule has 0 radical (unpaired) electrons. The molecule has 1 saturated heterocycles. The van der Waals surface area contributed by atoms with Crippen molar-refractivity contribution in [2.75, 3.05) is 13.7 Å². The fraction of sp³-hybridized carbons (Fsp3) is 0.500. The summed E-state index contributed by atoms with van der Waals surface area (Å²) in [6.07, 6.45) is 1.99. The smallest absolute Gasteiger partial charge is 0.237 e. The van der Waals surface area contributed by atoms with E-state index in [0.717, 1.165) is 30.7 Å². The van der Waals surface area contributed by atoms with Crippen molar-refractivity contribution in [2.45, 2.75) is 31.8 Å². The molecule has 4 heteroatoms. The van der Waals surface area contributed by atoms with Gasteiger partial charge in [0.05, 0.1) is 19.2 Å². The minimum Gasteiger partial charge on any atom is -0.496 e. The number of amides is 1. The average Bonchev–Trinajstić information content (AvgIpc) is 2.92. The highest BCUT2D eigenvalue weighted by atomic mass is 16.5. The van der Waals surface area contributed by atoms with Crippen LogP contribution in [-0.4, -0.2) is 25.6 Å². The Morgan fingerprint density at radius 3 is 2.94 bits per heavy atom. The first-order valence-electron chi connectivity index (χ1n) is 6.39. The van der Waals surface area contributed by atoms with Crippen LogP contribution in [0.1, 0.15) is 31.4 Å². The van der Waals surface area contributed by atoms with Gasteiger partial charge in [-0.2, -0.15) is 0 Å². The number of rotatable bonds is 4. The van der Waals surface area contributed by atoms with Crippen LogP contribution in [0.15, 0.2) is 24.3 Å². The van der Waals surface area contributed by atoms with Gasteiger partial charge in [0.25, 0.3) is 0 Å². The maximum Gasteiger partial charge on any atom is 0.237 e. The molecule has 0 aromatic heterocycles. The van der Waals surface area contributed by atoms with E-state index in [0.29, 0.717) is 0 Å². The molecule has 1 amide bonds. The van der Waals surface area contributed by atoms with Gasteiger partial charge in [-0.15, -0.1) is 0 Å². The molecule has 4 nitrogen and oxygen atoms in total. The van der Waals surface area contributed by atoms with E-state index in [-0.39, 0.29) is 18.0 Å². The van der Waals surface area contributed by atoms with Crippen LogP contribution >= 0.6 is 0 Å². The predicted octanol–water partition coefficient (Wildman–Crippen LogP) is 1.62. The van der Waals surface area contributed by atoms with Gasteiger partial charge in [0.2, 0.25) is 5.91 Å². The van der Waals surface area contributed by atoms with E-state index in [1.54, 1.807) is 7.11 Å². The zero-order valence-corrected chi connectivity index (χ0v) is 10.9. The summed E-state index contributed by atoms with van der Waals surface area (Å²) in [4.78, 5) is 12.0. The number of hydrogen-bond acceptors (Lipinski definition) is 3. The monoisotopic (exact) mass is 248 g/mol. The lowest BCUT2D eigenvalue weighted by molar-refractivity contribution is -0.123. The molecule has 2 atom stereocenters. The molecular formula is C14H20N2O2. The van der Waals surface area contributed by atoms with Crippen molar-refractivity contribution in [1.29, 1.82) is 0 Å². The summed E-state index contributed by atoms with van der Waals surface area (Å²) < 4.78 is 5.31. The van der Waals surface area contributed by atoms with E-state index in [1.807, 2.05) is 31.2 Å². The topological polar surface area (TPSA) is 50.4 Å². The van der Waals surface area contributed by atoms with Crippen molar-refractivity contribution in [3.63, 3.8) is 0 Å². The third-order valence-corrected chi connectivity index (χ3v) is 3.34. The molecule has 0 bridgehead atoms. The highest BCUT2D eigenvalue weighted by Gasteiger charge is 2.23. The second kappa shape index (κ2) is 5.87. The van der Waals surface area contributed by atoms with Crippen LogP contribution in [-0.2, 0) is 4.79 Å². The largest absolute Gasteiger partial charge is 0.496 e. The molecule has 98 valence electrons. The van der Waals surface area contributed by atoms with E-state index in [1.165, 1.54) is 0 Å². The number of carbonyl (C=O) groups excluding carboxylic acids is 1. The molecule has 18 heavy (non-hydrogen) atoms. The summed E-state index contributed by atoms with van der Waals surface area (Å²) in [6, 6.07) is 7.68. The number of nitrogens with one attached hydrogen (secondary N) is 2. The predicted molar refractivity (Wildman–Crippen MR) is 70.6 cm³/mol. The van der Waals surface area contributed by atoms with Crippen LogP contribution in [0, 0.1) is 0 Å². The van der Waals surface area contributed by atoms with Crippen molar-refractivity contribution in [3.05, 3.63) is 29.8 Å². The average molecular weight is 248 g/mol. The quantitative estimate of drug-likeness (QED) is 0.851. The number of benzene rings is 1. The maximum absolute atomic E-state index is 12.0. The van der Waals surface area contributed by atoms with Gasteiger partial charge < -0.3 is 15.4 Å². The Morgan fingerprint density at radius 2 is 2.28 bits per heavy atom. The zero-order chi connectivity index (χ0) is 13.0. The summed E-state index contributed by atoms with van der Waals surface area (Å²) in [5, 5.41) is 6.23. The fourth-order valence-corrected chi connectivity index (χ4v) is 2.32. The van der Waals surface area contributed by atoms with Crippen LogP contribution < -0.4 is 15.4 Å². The molecule has 1 aromatic rings. The lowest BCUT2D eigenvalue weighted by Gasteiger charge is -2.19. The van der Waals surface area contributed by atoms with Gasteiger partial charge in [0, 0.05) is 5.56 Å². The highest BCUT2D eigenvalue weighted by Crippen LogP contribution is 2.24. The highest BCUT2D eigenvalue weighted by molar-refractivity contribution is 5.82. The summed E-state index contributed by atoms with van der Waals surface area (Å²) in [5.74, 6) is 0.885. The number of carbonyl (C=O) groups is 1. The Morgan fingerprint density at radius 1 is 1.50 bits per heavy atom. The maximum atomic E-state index is 12.0. The Balaban J connectivity index is 2.02. The molecule has 1 aliphatic rings. The van der Waals surface area contributed by atoms with Gasteiger partial charge in [-0.05, 0) is 32.4 Å². The first-order valence-corrected chi connectivity index (χ1v) is 6.39. The van der Waals surface area contributed by atoms with Crippen molar-refractivity contribution >= 4 is 5.91 Å². The number of para-hydroxylation sites is 1. The van der Waals surface area contributed by atoms with Crippen molar-refractivity contribution in [2.24, 2.45) is 0 Å². The van der Waals surface area contributed by atoms with E-state index in [2.05, 4.69) is 10.6 Å². The van der Waals surface area contributed by atoms with Gasteiger partial charge in [-0.25, -0.2) is 0 Å².